The molecule has 218 valence electrons. The molecule has 1 unspecified atom stereocenters. The van der Waals surface area contributed by atoms with E-state index in [0.29, 0.717) is 0 Å². The van der Waals surface area contributed by atoms with Crippen molar-refractivity contribution in [3.63, 3.8) is 0 Å². The van der Waals surface area contributed by atoms with Crippen LogP contribution in [0.5, 0.6) is 0 Å². The lowest BCUT2D eigenvalue weighted by atomic mass is 9.78. The average Bonchev–Trinajstić information content (AvgIpc) is 3.27. The zero-order chi connectivity index (χ0) is 29.5. The Kier molecular flexibility index (Phi) is 9.16. The van der Waals surface area contributed by atoms with Gasteiger partial charge in [-0.2, -0.15) is 0 Å². The van der Waals surface area contributed by atoms with Gasteiger partial charge in [0.15, 0.2) is 0 Å². The first-order chi connectivity index (χ1) is 20.4. The second-order valence-corrected chi connectivity index (χ2v) is 10.8. The maximum absolute atomic E-state index is 13.3. The van der Waals surface area contributed by atoms with Crippen molar-refractivity contribution in [3.05, 3.63) is 95.6 Å². The van der Waals surface area contributed by atoms with Crippen molar-refractivity contribution in [3.8, 4) is 11.1 Å². The van der Waals surface area contributed by atoms with Crippen molar-refractivity contribution in [1.29, 1.82) is 0 Å². The molecule has 2 atom stereocenters. The van der Waals surface area contributed by atoms with E-state index in [0.717, 1.165) is 47.1 Å². The molecular weight excluding hydrogens is 536 g/mol. The first-order valence-corrected chi connectivity index (χ1v) is 14.2. The number of alkyl carbamates (subject to hydrolysis) is 1. The average molecular weight is 571 g/mol. The fraction of sp³-hybridized carbons (Fsp3) is 0.333. The Labute approximate surface area is 244 Å². The van der Waals surface area contributed by atoms with Crippen LogP contribution in [0.2, 0.25) is 0 Å². The molecule has 9 heteroatoms. The van der Waals surface area contributed by atoms with E-state index in [1.54, 1.807) is 0 Å². The van der Waals surface area contributed by atoms with Gasteiger partial charge < -0.3 is 25.2 Å². The number of ether oxygens (including phenoxy) is 2. The van der Waals surface area contributed by atoms with E-state index < -0.39 is 42.4 Å². The number of carboxylic acid groups (broad SMARTS) is 1. The number of rotatable bonds is 12. The molecule has 0 saturated heterocycles. The SMILES string of the molecule is O=C(O)CC(NC(=O)[C@H](CC(=O)OCc1ccccc1)NC(=O)OCC1c2ccccc2-c2ccccc21)C1CCC1. The number of fused-ring (bicyclic) bond motifs is 3. The summed E-state index contributed by atoms with van der Waals surface area (Å²) in [6.45, 7) is 0.0546. The molecule has 0 aliphatic heterocycles. The molecule has 0 bridgehead atoms. The number of carboxylic acids is 1. The van der Waals surface area contributed by atoms with Crippen molar-refractivity contribution in [2.24, 2.45) is 5.92 Å². The molecule has 2 amide bonds. The first-order valence-electron chi connectivity index (χ1n) is 14.2. The number of amides is 2. The largest absolute Gasteiger partial charge is 0.481 e. The summed E-state index contributed by atoms with van der Waals surface area (Å²) in [5, 5.41) is 14.7. The molecule has 3 aromatic rings. The number of benzene rings is 3. The van der Waals surface area contributed by atoms with Crippen LogP contribution < -0.4 is 10.6 Å². The summed E-state index contributed by atoms with van der Waals surface area (Å²) in [6, 6.07) is 23.1. The van der Waals surface area contributed by atoms with E-state index >= 15 is 0 Å². The van der Waals surface area contributed by atoms with Gasteiger partial charge in [-0.1, -0.05) is 85.3 Å². The van der Waals surface area contributed by atoms with Crippen LogP contribution >= 0.6 is 0 Å². The third-order valence-electron chi connectivity index (χ3n) is 8.01. The minimum Gasteiger partial charge on any atom is -0.481 e. The van der Waals surface area contributed by atoms with Gasteiger partial charge in [0.1, 0.15) is 19.3 Å². The van der Waals surface area contributed by atoms with Gasteiger partial charge in [0.05, 0.1) is 12.8 Å². The van der Waals surface area contributed by atoms with Gasteiger partial charge in [-0.05, 0) is 46.6 Å². The summed E-state index contributed by atoms with van der Waals surface area (Å²) in [5.74, 6) is -2.51. The van der Waals surface area contributed by atoms with Crippen LogP contribution in [-0.4, -0.2) is 47.7 Å². The molecule has 0 aromatic heterocycles. The number of carbonyl (C=O) groups is 4. The standard InChI is InChI=1S/C33H34N2O7/c36-30(37)17-28(22-11-8-12-22)34-32(39)29(18-31(38)41-19-21-9-2-1-3-10-21)35-33(40)42-20-27-25-15-6-4-13-23(25)24-14-5-7-16-26(24)27/h1-7,9-10,13-16,22,27-29H,8,11-12,17-20H2,(H,34,39)(H,35,40)(H,36,37)/t28?,29-/m0/s1. The van der Waals surface area contributed by atoms with Gasteiger partial charge >= 0.3 is 18.0 Å². The Bertz CT molecular complexity index is 1390. The van der Waals surface area contributed by atoms with Gasteiger partial charge in [0, 0.05) is 12.0 Å². The second kappa shape index (κ2) is 13.3. The molecule has 42 heavy (non-hydrogen) atoms. The number of esters is 1. The highest BCUT2D eigenvalue weighted by atomic mass is 16.5. The highest BCUT2D eigenvalue weighted by molar-refractivity contribution is 5.90. The van der Waals surface area contributed by atoms with Gasteiger partial charge in [0.2, 0.25) is 5.91 Å². The van der Waals surface area contributed by atoms with Gasteiger partial charge in [-0.25, -0.2) is 4.79 Å². The number of nitrogens with one attached hydrogen (secondary N) is 2. The van der Waals surface area contributed by atoms with Crippen molar-refractivity contribution >= 4 is 23.9 Å². The quantitative estimate of drug-likeness (QED) is 0.267. The van der Waals surface area contributed by atoms with Crippen LogP contribution in [0.25, 0.3) is 11.1 Å². The fourth-order valence-electron chi connectivity index (χ4n) is 5.60. The van der Waals surface area contributed by atoms with E-state index in [1.165, 1.54) is 0 Å². The van der Waals surface area contributed by atoms with Crippen LogP contribution in [0.4, 0.5) is 4.79 Å². The van der Waals surface area contributed by atoms with E-state index in [9.17, 15) is 24.3 Å². The number of aliphatic carboxylic acids is 1. The maximum Gasteiger partial charge on any atom is 0.407 e. The molecule has 9 nitrogen and oxygen atoms in total. The van der Waals surface area contributed by atoms with Crippen LogP contribution in [0, 0.1) is 5.92 Å². The van der Waals surface area contributed by atoms with Gasteiger partial charge in [-0.15, -0.1) is 0 Å². The molecule has 2 aliphatic rings. The predicted octanol–water partition coefficient (Wildman–Crippen LogP) is 4.79. The lowest BCUT2D eigenvalue weighted by molar-refractivity contribution is -0.147. The molecule has 2 aliphatic carbocycles. The van der Waals surface area contributed by atoms with Gasteiger partial charge in [0.25, 0.3) is 0 Å². The predicted molar refractivity (Wildman–Crippen MR) is 154 cm³/mol. The Morgan fingerprint density at radius 2 is 1.40 bits per heavy atom. The lowest BCUT2D eigenvalue weighted by Crippen LogP contribution is -2.53. The third kappa shape index (κ3) is 6.97. The summed E-state index contributed by atoms with van der Waals surface area (Å²) in [7, 11) is 0. The molecule has 1 fully saturated rings. The number of carbonyl (C=O) groups excluding carboxylic acids is 3. The Hall–Kier alpha value is -4.66. The van der Waals surface area contributed by atoms with Crippen molar-refractivity contribution < 1.29 is 33.8 Å². The van der Waals surface area contributed by atoms with Crippen molar-refractivity contribution in [2.75, 3.05) is 6.61 Å². The molecule has 0 heterocycles. The summed E-state index contributed by atoms with van der Waals surface area (Å²) < 4.78 is 11.0. The molecule has 0 radical (unpaired) electrons. The minimum absolute atomic E-state index is 0.0165. The summed E-state index contributed by atoms with van der Waals surface area (Å²) in [6.07, 6.45) is 1.04. The van der Waals surface area contributed by atoms with Crippen LogP contribution in [0.1, 0.15) is 54.7 Å². The van der Waals surface area contributed by atoms with E-state index in [4.69, 9.17) is 9.47 Å². The normalized spacial score (nSPS) is 15.3. The fourth-order valence-corrected chi connectivity index (χ4v) is 5.60. The smallest absolute Gasteiger partial charge is 0.407 e. The van der Waals surface area contributed by atoms with Crippen LogP contribution in [0.15, 0.2) is 78.9 Å². The van der Waals surface area contributed by atoms with E-state index in [2.05, 4.69) is 10.6 Å². The highest BCUT2D eigenvalue weighted by Crippen LogP contribution is 2.44. The molecule has 3 aromatic carbocycles. The second-order valence-electron chi connectivity index (χ2n) is 10.8. The number of hydrogen-bond acceptors (Lipinski definition) is 6. The van der Waals surface area contributed by atoms with E-state index in [1.807, 2.05) is 78.9 Å². The van der Waals surface area contributed by atoms with Crippen molar-refractivity contribution in [1.82, 2.24) is 10.6 Å². The molecule has 0 spiro atoms. The Morgan fingerprint density at radius 1 is 0.786 bits per heavy atom. The summed E-state index contributed by atoms with van der Waals surface area (Å²) in [4.78, 5) is 50.5. The van der Waals surface area contributed by atoms with Crippen molar-refractivity contribution in [2.45, 2.75) is 56.7 Å². The molecular formula is C33H34N2O7. The first kappa shape index (κ1) is 28.9. The maximum atomic E-state index is 13.3. The molecule has 3 N–H and O–H groups in total. The third-order valence-corrected chi connectivity index (χ3v) is 8.01. The Balaban J connectivity index is 1.25. The zero-order valence-electron chi connectivity index (χ0n) is 23.2. The van der Waals surface area contributed by atoms with E-state index in [-0.39, 0.29) is 31.5 Å². The lowest BCUT2D eigenvalue weighted by Gasteiger charge is -2.34. The van der Waals surface area contributed by atoms with Crippen LogP contribution in [0.3, 0.4) is 0 Å². The monoisotopic (exact) mass is 570 g/mol. The summed E-state index contributed by atoms with van der Waals surface area (Å²) in [5.41, 5.74) is 5.04. The topological polar surface area (TPSA) is 131 Å². The molecule has 1 saturated carbocycles. The highest BCUT2D eigenvalue weighted by Gasteiger charge is 2.34. The summed E-state index contributed by atoms with van der Waals surface area (Å²) >= 11 is 0. The zero-order valence-corrected chi connectivity index (χ0v) is 23.2. The van der Waals surface area contributed by atoms with Gasteiger partial charge in [-0.3, -0.25) is 14.4 Å². The Morgan fingerprint density at radius 3 is 2.00 bits per heavy atom. The molecule has 5 rings (SSSR count). The van der Waals surface area contributed by atoms with Crippen LogP contribution in [-0.2, 0) is 30.5 Å². The minimum atomic E-state index is -1.31. The number of hydrogen-bond donors (Lipinski definition) is 3.